The van der Waals surface area contributed by atoms with Crippen LogP contribution in [0.2, 0.25) is 0 Å². The van der Waals surface area contributed by atoms with E-state index >= 15 is 0 Å². The van der Waals surface area contributed by atoms with Gasteiger partial charge >= 0.3 is 0 Å². The zero-order valence-electron chi connectivity index (χ0n) is 17.5. The third kappa shape index (κ3) is 3.38. The molecule has 4 rings (SSSR count). The Morgan fingerprint density at radius 2 is 1.77 bits per heavy atom. The smallest absolute Gasteiger partial charge is 0.291 e. The van der Waals surface area contributed by atoms with Gasteiger partial charge in [-0.2, -0.15) is 5.10 Å². The van der Waals surface area contributed by atoms with Crippen molar-refractivity contribution < 1.29 is 4.79 Å². The summed E-state index contributed by atoms with van der Waals surface area (Å²) < 4.78 is 3.21. The van der Waals surface area contributed by atoms with Gasteiger partial charge in [0.1, 0.15) is 11.6 Å². The second-order valence-electron chi connectivity index (χ2n) is 7.70. The molecule has 0 aliphatic heterocycles. The fourth-order valence-corrected chi connectivity index (χ4v) is 4.07. The average molecular weight is 402 g/mol. The molecular formula is C24H26N4O2. The van der Waals surface area contributed by atoms with Crippen LogP contribution < -0.4 is 10.9 Å². The van der Waals surface area contributed by atoms with Gasteiger partial charge in [0, 0.05) is 24.4 Å². The van der Waals surface area contributed by atoms with E-state index in [2.05, 4.69) is 29.5 Å². The molecule has 0 spiro atoms. The van der Waals surface area contributed by atoms with E-state index in [0.717, 1.165) is 16.3 Å². The highest BCUT2D eigenvalue weighted by Crippen LogP contribution is 2.30. The number of rotatable bonds is 6. The van der Waals surface area contributed by atoms with Crippen molar-refractivity contribution in [1.29, 1.82) is 0 Å². The molecule has 6 nitrogen and oxygen atoms in total. The lowest BCUT2D eigenvalue weighted by Crippen LogP contribution is -2.35. The predicted molar refractivity (Wildman–Crippen MR) is 120 cm³/mol. The summed E-state index contributed by atoms with van der Waals surface area (Å²) in [6.07, 6.45) is 2.28. The summed E-state index contributed by atoms with van der Waals surface area (Å²) in [5, 5.41) is 8.99. The third-order valence-corrected chi connectivity index (χ3v) is 5.76. The van der Waals surface area contributed by atoms with Crippen molar-refractivity contribution in [2.75, 3.05) is 6.54 Å². The number of amides is 1. The van der Waals surface area contributed by atoms with Gasteiger partial charge in [-0.15, -0.1) is 0 Å². The van der Waals surface area contributed by atoms with Gasteiger partial charge in [0.15, 0.2) is 0 Å². The molecule has 6 heteroatoms. The van der Waals surface area contributed by atoms with Crippen molar-refractivity contribution in [3.8, 4) is 0 Å². The highest BCUT2D eigenvalue weighted by molar-refractivity contribution is 6.08. The molecule has 0 fully saturated rings. The monoisotopic (exact) mass is 402 g/mol. The number of hydrogen-bond acceptors (Lipinski definition) is 3. The molecule has 2 aromatic heterocycles. The maximum atomic E-state index is 13.2. The molecule has 4 aromatic rings. The van der Waals surface area contributed by atoms with Crippen LogP contribution in [0.3, 0.4) is 0 Å². The predicted octanol–water partition coefficient (Wildman–Crippen LogP) is 3.76. The number of hydrogen-bond donors (Lipinski definition) is 1. The lowest BCUT2D eigenvalue weighted by molar-refractivity contribution is -0.124. The van der Waals surface area contributed by atoms with E-state index in [1.54, 1.807) is 13.2 Å². The van der Waals surface area contributed by atoms with Gasteiger partial charge in [-0.05, 0) is 24.0 Å². The Morgan fingerprint density at radius 1 is 1.07 bits per heavy atom. The Hall–Kier alpha value is -3.41. The van der Waals surface area contributed by atoms with E-state index < -0.39 is 6.04 Å². The summed E-state index contributed by atoms with van der Waals surface area (Å²) in [7, 11) is 1.63. The maximum absolute atomic E-state index is 13.2. The second-order valence-corrected chi connectivity index (χ2v) is 7.70. The Morgan fingerprint density at radius 3 is 2.50 bits per heavy atom. The first-order valence-electron chi connectivity index (χ1n) is 10.3. The van der Waals surface area contributed by atoms with Crippen LogP contribution in [0.1, 0.15) is 37.8 Å². The number of benzene rings is 2. The van der Waals surface area contributed by atoms with Gasteiger partial charge in [-0.25, -0.2) is 4.68 Å². The minimum atomic E-state index is -0.481. The van der Waals surface area contributed by atoms with Crippen LogP contribution >= 0.6 is 0 Å². The summed E-state index contributed by atoms with van der Waals surface area (Å²) in [5.41, 5.74) is 2.37. The van der Waals surface area contributed by atoms with E-state index in [9.17, 15) is 9.59 Å². The van der Waals surface area contributed by atoms with Gasteiger partial charge in [-0.1, -0.05) is 62.4 Å². The first-order chi connectivity index (χ1) is 14.5. The SMILES string of the molecule is CC[C@@H](C(=O)NC[C@H](C)c1ccccc1)n1c2ccccc2c2cnn(C)c(=O)c21. The summed E-state index contributed by atoms with van der Waals surface area (Å²) in [6.45, 7) is 4.60. The molecular weight excluding hydrogens is 376 g/mol. The molecule has 154 valence electrons. The molecule has 2 heterocycles. The van der Waals surface area contributed by atoms with E-state index in [-0.39, 0.29) is 17.4 Å². The molecule has 0 unspecified atom stereocenters. The zero-order valence-corrected chi connectivity index (χ0v) is 17.5. The number of carbonyl (C=O) groups excluding carboxylic acids is 1. The van der Waals surface area contributed by atoms with E-state index in [4.69, 9.17) is 0 Å². The number of aromatic nitrogens is 3. The van der Waals surface area contributed by atoms with Crippen molar-refractivity contribution in [3.63, 3.8) is 0 Å². The van der Waals surface area contributed by atoms with Gasteiger partial charge in [0.25, 0.3) is 5.56 Å². The molecule has 2 aromatic carbocycles. The summed E-state index contributed by atoms with van der Waals surface area (Å²) in [6, 6.07) is 17.4. The highest BCUT2D eigenvalue weighted by atomic mass is 16.2. The Balaban J connectivity index is 1.73. The topological polar surface area (TPSA) is 68.9 Å². The van der Waals surface area contributed by atoms with Crippen LogP contribution in [-0.2, 0) is 11.8 Å². The van der Waals surface area contributed by atoms with Crippen molar-refractivity contribution in [1.82, 2.24) is 19.7 Å². The number of aryl methyl sites for hydroxylation is 1. The second kappa shape index (κ2) is 8.14. The van der Waals surface area contributed by atoms with Crippen molar-refractivity contribution >= 4 is 27.7 Å². The molecule has 0 saturated carbocycles. The van der Waals surface area contributed by atoms with Gasteiger partial charge in [0.05, 0.1) is 11.7 Å². The normalized spacial score (nSPS) is 13.4. The highest BCUT2D eigenvalue weighted by Gasteiger charge is 2.25. The first-order valence-corrected chi connectivity index (χ1v) is 10.3. The molecule has 0 aliphatic carbocycles. The van der Waals surface area contributed by atoms with Crippen LogP contribution in [-0.4, -0.2) is 26.8 Å². The number of para-hydroxylation sites is 1. The van der Waals surface area contributed by atoms with Crippen LogP contribution in [0.15, 0.2) is 65.6 Å². The largest absolute Gasteiger partial charge is 0.354 e. The quantitative estimate of drug-likeness (QED) is 0.534. The Kier molecular flexibility index (Phi) is 5.40. The fraction of sp³-hybridized carbons (Fsp3) is 0.292. The summed E-state index contributed by atoms with van der Waals surface area (Å²) in [5.74, 6) is 0.115. The van der Waals surface area contributed by atoms with Crippen molar-refractivity contribution in [2.45, 2.75) is 32.2 Å². The molecule has 30 heavy (non-hydrogen) atoms. The maximum Gasteiger partial charge on any atom is 0.291 e. The zero-order chi connectivity index (χ0) is 21.3. The molecule has 2 atom stereocenters. The van der Waals surface area contributed by atoms with Crippen LogP contribution in [0.4, 0.5) is 0 Å². The first kappa shape index (κ1) is 19.9. The number of nitrogens with one attached hydrogen (secondary N) is 1. The van der Waals surface area contributed by atoms with Crippen LogP contribution in [0.25, 0.3) is 21.8 Å². The molecule has 0 bridgehead atoms. The number of nitrogens with zero attached hydrogens (tertiary/aromatic N) is 3. The molecule has 1 amide bonds. The third-order valence-electron chi connectivity index (χ3n) is 5.76. The molecule has 0 aliphatic rings. The van der Waals surface area contributed by atoms with Gasteiger partial charge in [-0.3, -0.25) is 9.59 Å². The minimum absolute atomic E-state index is 0.0817. The molecule has 0 saturated heterocycles. The standard InChI is InChI=1S/C24H26N4O2/c1-4-20(23(29)25-14-16(2)17-10-6-5-7-11-17)28-21-13-9-8-12-18(21)19-15-26-27(3)24(30)22(19)28/h5-13,15-16,20H,4,14H2,1-3H3,(H,25,29)/t16-,20-/m0/s1. The summed E-state index contributed by atoms with van der Waals surface area (Å²) in [4.78, 5) is 26.2. The molecule has 0 radical (unpaired) electrons. The van der Waals surface area contributed by atoms with E-state index in [0.29, 0.717) is 18.5 Å². The van der Waals surface area contributed by atoms with Crippen LogP contribution in [0, 0.1) is 0 Å². The lowest BCUT2D eigenvalue weighted by atomic mass is 10.0. The minimum Gasteiger partial charge on any atom is -0.354 e. The van der Waals surface area contributed by atoms with E-state index in [1.165, 1.54) is 10.2 Å². The number of carbonyl (C=O) groups is 1. The van der Waals surface area contributed by atoms with Crippen LogP contribution in [0.5, 0.6) is 0 Å². The lowest BCUT2D eigenvalue weighted by Gasteiger charge is -2.21. The van der Waals surface area contributed by atoms with Gasteiger partial charge < -0.3 is 9.88 Å². The van der Waals surface area contributed by atoms with E-state index in [1.807, 2.05) is 54.0 Å². The van der Waals surface area contributed by atoms with Crippen molar-refractivity contribution in [2.24, 2.45) is 7.05 Å². The summed E-state index contributed by atoms with van der Waals surface area (Å²) >= 11 is 0. The number of fused-ring (bicyclic) bond motifs is 3. The average Bonchev–Trinajstić information content (AvgIpc) is 3.11. The van der Waals surface area contributed by atoms with Crippen molar-refractivity contribution in [3.05, 3.63) is 76.7 Å². The Labute approximate surface area is 175 Å². The molecule has 1 N–H and O–H groups in total. The fourth-order valence-electron chi connectivity index (χ4n) is 4.07. The van der Waals surface area contributed by atoms with Gasteiger partial charge in [0.2, 0.25) is 5.91 Å². The Bertz CT molecular complexity index is 1260.